The van der Waals surface area contributed by atoms with Gasteiger partial charge in [0, 0.05) is 5.56 Å². The van der Waals surface area contributed by atoms with Crippen molar-refractivity contribution in [1.29, 1.82) is 0 Å². The predicted octanol–water partition coefficient (Wildman–Crippen LogP) is 4.20. The number of rotatable bonds is 4. The molecule has 0 unspecified atom stereocenters. The highest BCUT2D eigenvalue weighted by molar-refractivity contribution is 8.23. The maximum atomic E-state index is 12.0. The third-order valence-electron chi connectivity index (χ3n) is 2.80. The minimum atomic E-state index is 0.0500. The summed E-state index contributed by atoms with van der Waals surface area (Å²) >= 11 is 6.14. The summed E-state index contributed by atoms with van der Waals surface area (Å²) in [4.78, 5) is 12.0. The zero-order chi connectivity index (χ0) is 14.4. The van der Waals surface area contributed by atoms with Gasteiger partial charge in [0.1, 0.15) is 0 Å². The molecule has 0 aliphatic rings. The van der Waals surface area contributed by atoms with Crippen molar-refractivity contribution in [3.8, 4) is 11.1 Å². The van der Waals surface area contributed by atoms with Gasteiger partial charge in [-0.3, -0.25) is 4.79 Å². The zero-order valence-electron chi connectivity index (χ0n) is 11.0. The average Bonchev–Trinajstić information content (AvgIpc) is 2.53. The zero-order valence-corrected chi connectivity index (χ0v) is 12.7. The van der Waals surface area contributed by atoms with E-state index < -0.39 is 0 Å². The highest BCUT2D eigenvalue weighted by Crippen LogP contribution is 2.20. The number of hydrogen-bond donors (Lipinski definition) is 0. The van der Waals surface area contributed by atoms with E-state index in [1.165, 1.54) is 18.9 Å². The Kier molecular flexibility index (Phi) is 5.32. The van der Waals surface area contributed by atoms with Gasteiger partial charge in [0.2, 0.25) is 4.38 Å². The van der Waals surface area contributed by atoms with E-state index in [1.54, 1.807) is 0 Å². The van der Waals surface area contributed by atoms with Gasteiger partial charge < -0.3 is 4.74 Å². The molecular weight excluding hydrogens is 288 g/mol. The molecule has 0 aliphatic carbocycles. The molecule has 0 saturated carbocycles. The van der Waals surface area contributed by atoms with E-state index in [9.17, 15) is 4.79 Å². The largest absolute Gasteiger partial charge is 0.482 e. The topological polar surface area (TPSA) is 26.3 Å². The molecule has 0 saturated heterocycles. The first kappa shape index (κ1) is 14.8. The number of benzene rings is 2. The van der Waals surface area contributed by atoms with Crippen molar-refractivity contribution in [3.05, 3.63) is 60.2 Å². The number of carbonyl (C=O) groups excluding carboxylic acids is 1. The van der Waals surface area contributed by atoms with Gasteiger partial charge in [0.15, 0.2) is 5.78 Å². The molecule has 2 nitrogen and oxygen atoms in total. The lowest BCUT2D eigenvalue weighted by Crippen LogP contribution is -2.05. The SMILES string of the molecule is COC(=S)SCC(=O)c1ccc(-c2ccccc2)cc1. The average molecular weight is 302 g/mol. The standard InChI is InChI=1S/C16H14O2S2/c1-18-16(19)20-11-15(17)14-9-7-13(8-10-14)12-5-3-2-4-6-12/h2-10H,11H2,1H3. The summed E-state index contributed by atoms with van der Waals surface area (Å²) in [6.07, 6.45) is 0. The van der Waals surface area contributed by atoms with Crippen LogP contribution in [0.3, 0.4) is 0 Å². The van der Waals surface area contributed by atoms with E-state index in [1.807, 2.05) is 54.6 Å². The molecule has 0 amide bonds. The molecule has 0 aromatic heterocycles. The summed E-state index contributed by atoms with van der Waals surface area (Å²) in [5.74, 6) is 0.353. The van der Waals surface area contributed by atoms with Crippen molar-refractivity contribution in [2.24, 2.45) is 0 Å². The summed E-state index contributed by atoms with van der Waals surface area (Å²) in [5.41, 5.74) is 2.93. The molecule has 2 aromatic rings. The molecular formula is C16H14O2S2. The van der Waals surface area contributed by atoms with Crippen molar-refractivity contribution in [3.63, 3.8) is 0 Å². The van der Waals surface area contributed by atoms with Crippen molar-refractivity contribution >= 4 is 34.1 Å². The number of ketones is 1. The first-order valence-electron chi connectivity index (χ1n) is 6.10. The van der Waals surface area contributed by atoms with Crippen molar-refractivity contribution in [2.45, 2.75) is 0 Å². The molecule has 2 rings (SSSR count). The molecule has 20 heavy (non-hydrogen) atoms. The summed E-state index contributed by atoms with van der Waals surface area (Å²) in [6.45, 7) is 0. The second-order valence-electron chi connectivity index (χ2n) is 4.11. The molecule has 2 aromatic carbocycles. The van der Waals surface area contributed by atoms with Crippen molar-refractivity contribution in [1.82, 2.24) is 0 Å². The fraction of sp³-hybridized carbons (Fsp3) is 0.125. The van der Waals surface area contributed by atoms with Crippen LogP contribution in [0.5, 0.6) is 0 Å². The first-order chi connectivity index (χ1) is 9.70. The second kappa shape index (κ2) is 7.22. The lowest BCUT2D eigenvalue weighted by atomic mass is 10.0. The maximum absolute atomic E-state index is 12.0. The molecule has 0 radical (unpaired) electrons. The van der Waals surface area contributed by atoms with Crippen LogP contribution in [0.1, 0.15) is 10.4 Å². The Morgan fingerprint density at radius 3 is 2.25 bits per heavy atom. The van der Waals surface area contributed by atoms with Gasteiger partial charge in [0.05, 0.1) is 12.9 Å². The maximum Gasteiger partial charge on any atom is 0.220 e. The smallest absolute Gasteiger partial charge is 0.220 e. The Hall–Kier alpha value is -1.65. The predicted molar refractivity (Wildman–Crippen MR) is 88.3 cm³/mol. The Bertz CT molecular complexity index is 592. The first-order valence-corrected chi connectivity index (χ1v) is 7.49. The minimum absolute atomic E-state index is 0.0500. The lowest BCUT2D eigenvalue weighted by molar-refractivity contribution is 0.102. The van der Waals surface area contributed by atoms with Crippen LogP contribution in [0, 0.1) is 0 Å². The number of hydrogen-bond acceptors (Lipinski definition) is 4. The molecule has 4 heteroatoms. The highest BCUT2D eigenvalue weighted by atomic mass is 32.2. The van der Waals surface area contributed by atoms with Crippen LogP contribution < -0.4 is 0 Å². The number of methoxy groups -OCH3 is 1. The van der Waals surface area contributed by atoms with Gasteiger partial charge in [-0.15, -0.1) is 0 Å². The van der Waals surface area contributed by atoms with Crippen LogP contribution in [-0.2, 0) is 4.74 Å². The summed E-state index contributed by atoms with van der Waals surface area (Å²) in [6, 6.07) is 17.7. The van der Waals surface area contributed by atoms with E-state index in [4.69, 9.17) is 17.0 Å². The Labute approximate surface area is 128 Å². The van der Waals surface area contributed by atoms with Gasteiger partial charge in [0.25, 0.3) is 0 Å². The molecule has 0 atom stereocenters. The fourth-order valence-electron chi connectivity index (χ4n) is 1.75. The summed E-state index contributed by atoms with van der Waals surface area (Å²) < 4.78 is 5.24. The van der Waals surface area contributed by atoms with E-state index in [-0.39, 0.29) is 5.78 Å². The van der Waals surface area contributed by atoms with Gasteiger partial charge >= 0.3 is 0 Å². The number of ether oxygens (including phenoxy) is 1. The van der Waals surface area contributed by atoms with E-state index >= 15 is 0 Å². The van der Waals surface area contributed by atoms with Gasteiger partial charge in [-0.05, 0) is 23.3 Å². The number of thioether (sulfide) groups is 1. The number of thiocarbonyl (C=S) groups is 1. The summed E-state index contributed by atoms with van der Waals surface area (Å²) in [5, 5.41) is 0. The molecule has 0 N–H and O–H groups in total. The highest BCUT2D eigenvalue weighted by Gasteiger charge is 2.08. The van der Waals surface area contributed by atoms with Crippen LogP contribution in [0.25, 0.3) is 11.1 Å². The number of Topliss-reactive ketones (excluding diaryl/α,β-unsaturated/α-hetero) is 1. The normalized spacial score (nSPS) is 10.1. The van der Waals surface area contributed by atoms with E-state index in [2.05, 4.69) is 0 Å². The minimum Gasteiger partial charge on any atom is -0.482 e. The molecule has 0 fully saturated rings. The quantitative estimate of drug-likeness (QED) is 0.624. The van der Waals surface area contributed by atoms with E-state index in [0.717, 1.165) is 11.1 Å². The molecule has 0 heterocycles. The Balaban J connectivity index is 2.05. The Morgan fingerprint density at radius 1 is 1.05 bits per heavy atom. The van der Waals surface area contributed by atoms with Crippen molar-refractivity contribution in [2.75, 3.05) is 12.9 Å². The van der Waals surface area contributed by atoms with Crippen molar-refractivity contribution < 1.29 is 9.53 Å². The Morgan fingerprint density at radius 2 is 1.65 bits per heavy atom. The fourth-order valence-corrected chi connectivity index (χ4v) is 2.46. The molecule has 0 spiro atoms. The number of carbonyl (C=O) groups is 1. The van der Waals surface area contributed by atoms with Crippen LogP contribution >= 0.6 is 24.0 Å². The van der Waals surface area contributed by atoms with Gasteiger partial charge in [-0.1, -0.05) is 66.4 Å². The molecule has 0 bridgehead atoms. The summed E-state index contributed by atoms with van der Waals surface area (Å²) in [7, 11) is 1.51. The van der Waals surface area contributed by atoms with Crippen LogP contribution in [0.4, 0.5) is 0 Å². The third-order valence-corrected chi connectivity index (χ3v) is 4.13. The monoisotopic (exact) mass is 302 g/mol. The van der Waals surface area contributed by atoms with E-state index in [0.29, 0.717) is 15.7 Å². The van der Waals surface area contributed by atoms with Crippen LogP contribution in [0.2, 0.25) is 0 Å². The van der Waals surface area contributed by atoms with Gasteiger partial charge in [-0.2, -0.15) is 0 Å². The molecule has 102 valence electrons. The second-order valence-corrected chi connectivity index (χ2v) is 5.69. The van der Waals surface area contributed by atoms with Gasteiger partial charge in [-0.25, -0.2) is 0 Å². The molecule has 0 aliphatic heterocycles. The van der Waals surface area contributed by atoms with Crippen LogP contribution in [0.15, 0.2) is 54.6 Å². The van der Waals surface area contributed by atoms with Crippen LogP contribution in [-0.4, -0.2) is 23.0 Å². The third kappa shape index (κ3) is 3.92. The lowest BCUT2D eigenvalue weighted by Gasteiger charge is -2.04.